The quantitative estimate of drug-likeness (QED) is 0.889. The lowest BCUT2D eigenvalue weighted by molar-refractivity contribution is -0.137. The first-order valence-electron chi connectivity index (χ1n) is 6.18. The summed E-state index contributed by atoms with van der Waals surface area (Å²) in [4.78, 5) is 13.0. The minimum atomic E-state index is -0.753. The van der Waals surface area contributed by atoms with Crippen LogP contribution in [0.1, 0.15) is 30.7 Å². The molecule has 4 heteroatoms. The van der Waals surface area contributed by atoms with Crippen LogP contribution in [0, 0.1) is 5.92 Å². The van der Waals surface area contributed by atoms with Gasteiger partial charge in [-0.25, -0.2) is 0 Å². The molecule has 18 heavy (non-hydrogen) atoms. The van der Waals surface area contributed by atoms with Gasteiger partial charge in [-0.2, -0.15) is 0 Å². The Morgan fingerprint density at radius 2 is 2.17 bits per heavy atom. The molecule has 0 amide bonds. The van der Waals surface area contributed by atoms with Crippen LogP contribution in [-0.4, -0.2) is 25.2 Å². The fourth-order valence-corrected chi connectivity index (χ4v) is 2.78. The lowest BCUT2D eigenvalue weighted by Crippen LogP contribution is -2.16. The highest BCUT2D eigenvalue weighted by Gasteiger charge is 2.36. The molecule has 0 spiro atoms. The molecule has 0 bridgehead atoms. The van der Waals surface area contributed by atoms with E-state index < -0.39 is 5.97 Å². The van der Waals surface area contributed by atoms with Gasteiger partial charge in [-0.15, -0.1) is 0 Å². The van der Waals surface area contributed by atoms with Crippen molar-refractivity contribution in [2.24, 2.45) is 5.92 Å². The standard InChI is InChI=1S/C14H18ClNO2/c1-16(2)12-5-3-4-11(15)14(12)10(8-13(17)18)9-6-7-9/h3-5,9-10H,6-8H2,1-2H3,(H,17,18). The van der Waals surface area contributed by atoms with Gasteiger partial charge in [-0.05, 0) is 36.5 Å². The number of hydrogen-bond acceptors (Lipinski definition) is 2. The molecule has 1 aliphatic carbocycles. The summed E-state index contributed by atoms with van der Waals surface area (Å²) in [6.07, 6.45) is 2.38. The summed E-state index contributed by atoms with van der Waals surface area (Å²) in [5, 5.41) is 9.77. The summed E-state index contributed by atoms with van der Waals surface area (Å²) in [5.74, 6) is -0.246. The average Bonchev–Trinajstić information content (AvgIpc) is 3.09. The van der Waals surface area contributed by atoms with Gasteiger partial charge in [0.2, 0.25) is 0 Å². The minimum Gasteiger partial charge on any atom is -0.481 e. The molecule has 98 valence electrons. The van der Waals surface area contributed by atoms with E-state index in [0.29, 0.717) is 10.9 Å². The van der Waals surface area contributed by atoms with Gasteiger partial charge in [-0.3, -0.25) is 4.79 Å². The number of carboxylic acids is 1. The predicted octanol–water partition coefficient (Wildman–Crippen LogP) is 3.37. The monoisotopic (exact) mass is 267 g/mol. The zero-order valence-corrected chi connectivity index (χ0v) is 11.4. The van der Waals surface area contributed by atoms with Crippen molar-refractivity contribution in [3.05, 3.63) is 28.8 Å². The second-order valence-corrected chi connectivity index (χ2v) is 5.52. The van der Waals surface area contributed by atoms with Gasteiger partial charge in [0.05, 0.1) is 6.42 Å². The van der Waals surface area contributed by atoms with Crippen molar-refractivity contribution in [2.75, 3.05) is 19.0 Å². The largest absolute Gasteiger partial charge is 0.481 e. The molecule has 1 saturated carbocycles. The number of carbonyl (C=O) groups is 1. The van der Waals surface area contributed by atoms with E-state index in [1.807, 2.05) is 37.2 Å². The molecular weight excluding hydrogens is 250 g/mol. The van der Waals surface area contributed by atoms with Crippen molar-refractivity contribution >= 4 is 23.3 Å². The second kappa shape index (κ2) is 5.19. The van der Waals surface area contributed by atoms with E-state index in [9.17, 15) is 4.79 Å². The molecular formula is C14H18ClNO2. The van der Waals surface area contributed by atoms with E-state index in [-0.39, 0.29) is 12.3 Å². The van der Waals surface area contributed by atoms with Crippen LogP contribution < -0.4 is 4.90 Å². The molecule has 0 aromatic heterocycles. The van der Waals surface area contributed by atoms with Crippen LogP contribution in [0.3, 0.4) is 0 Å². The summed E-state index contributed by atoms with van der Waals surface area (Å²) in [5.41, 5.74) is 2.02. The Hall–Kier alpha value is -1.22. The first kappa shape index (κ1) is 13.2. The molecule has 2 rings (SSSR count). The van der Waals surface area contributed by atoms with Crippen molar-refractivity contribution in [1.82, 2.24) is 0 Å². The molecule has 1 aromatic carbocycles. The highest BCUT2D eigenvalue weighted by molar-refractivity contribution is 6.31. The van der Waals surface area contributed by atoms with Crippen LogP contribution in [0.4, 0.5) is 5.69 Å². The molecule has 0 aliphatic heterocycles. The molecule has 1 unspecified atom stereocenters. The maximum atomic E-state index is 11.1. The molecule has 3 nitrogen and oxygen atoms in total. The SMILES string of the molecule is CN(C)c1cccc(Cl)c1C(CC(=O)O)C1CC1. The molecule has 1 aliphatic rings. The predicted molar refractivity (Wildman–Crippen MR) is 73.5 cm³/mol. The third-order valence-electron chi connectivity index (χ3n) is 3.47. The summed E-state index contributed by atoms with van der Waals surface area (Å²) >= 11 is 6.30. The molecule has 0 heterocycles. The number of halogens is 1. The summed E-state index contributed by atoms with van der Waals surface area (Å²) in [6.45, 7) is 0. The molecule has 1 atom stereocenters. The normalized spacial score (nSPS) is 16.4. The van der Waals surface area contributed by atoms with Crippen LogP contribution in [0.15, 0.2) is 18.2 Å². The highest BCUT2D eigenvalue weighted by Crippen LogP contribution is 2.48. The Bertz CT molecular complexity index is 455. The van der Waals surface area contributed by atoms with Gasteiger partial charge in [0, 0.05) is 30.7 Å². The number of rotatable bonds is 5. The maximum absolute atomic E-state index is 11.1. The Balaban J connectivity index is 2.42. The van der Waals surface area contributed by atoms with Crippen molar-refractivity contribution in [1.29, 1.82) is 0 Å². The topological polar surface area (TPSA) is 40.5 Å². The van der Waals surface area contributed by atoms with E-state index in [2.05, 4.69) is 0 Å². The number of hydrogen-bond donors (Lipinski definition) is 1. The maximum Gasteiger partial charge on any atom is 0.303 e. The Labute approximate surface area is 112 Å². The van der Waals surface area contributed by atoms with Crippen molar-refractivity contribution < 1.29 is 9.90 Å². The lowest BCUT2D eigenvalue weighted by atomic mass is 9.89. The number of nitrogens with zero attached hydrogens (tertiary/aromatic N) is 1. The van der Waals surface area contributed by atoms with Crippen LogP contribution in [-0.2, 0) is 4.79 Å². The zero-order valence-electron chi connectivity index (χ0n) is 10.7. The van der Waals surface area contributed by atoms with Gasteiger partial charge in [-0.1, -0.05) is 17.7 Å². The van der Waals surface area contributed by atoms with Gasteiger partial charge in [0.25, 0.3) is 0 Å². The van der Waals surface area contributed by atoms with E-state index in [1.54, 1.807) is 0 Å². The van der Waals surface area contributed by atoms with Crippen LogP contribution in [0.5, 0.6) is 0 Å². The summed E-state index contributed by atoms with van der Waals surface area (Å²) in [6, 6.07) is 5.76. The van der Waals surface area contributed by atoms with Crippen LogP contribution >= 0.6 is 11.6 Å². The van der Waals surface area contributed by atoms with Gasteiger partial charge < -0.3 is 10.0 Å². The van der Waals surface area contributed by atoms with Crippen LogP contribution in [0.2, 0.25) is 5.02 Å². The number of anilines is 1. The van der Waals surface area contributed by atoms with Crippen LogP contribution in [0.25, 0.3) is 0 Å². The molecule has 0 radical (unpaired) electrons. The fraction of sp³-hybridized carbons (Fsp3) is 0.500. The molecule has 1 N–H and O–H groups in total. The van der Waals surface area contributed by atoms with Crippen molar-refractivity contribution in [3.63, 3.8) is 0 Å². The van der Waals surface area contributed by atoms with E-state index in [4.69, 9.17) is 16.7 Å². The Morgan fingerprint density at radius 1 is 1.50 bits per heavy atom. The van der Waals surface area contributed by atoms with Gasteiger partial charge in [0.1, 0.15) is 0 Å². The Morgan fingerprint density at radius 3 is 2.67 bits per heavy atom. The lowest BCUT2D eigenvalue weighted by Gasteiger charge is -2.24. The summed E-state index contributed by atoms with van der Waals surface area (Å²) < 4.78 is 0. The van der Waals surface area contributed by atoms with E-state index in [1.165, 1.54) is 0 Å². The average molecular weight is 268 g/mol. The van der Waals surface area contributed by atoms with E-state index >= 15 is 0 Å². The highest BCUT2D eigenvalue weighted by atomic mass is 35.5. The minimum absolute atomic E-state index is 0.0357. The Kier molecular flexibility index (Phi) is 3.81. The van der Waals surface area contributed by atoms with Gasteiger partial charge >= 0.3 is 5.97 Å². The van der Waals surface area contributed by atoms with Crippen molar-refractivity contribution in [3.8, 4) is 0 Å². The molecule has 0 saturated heterocycles. The summed E-state index contributed by atoms with van der Waals surface area (Å²) in [7, 11) is 3.92. The van der Waals surface area contributed by atoms with E-state index in [0.717, 1.165) is 24.1 Å². The zero-order chi connectivity index (χ0) is 13.3. The molecule has 1 fully saturated rings. The smallest absolute Gasteiger partial charge is 0.303 e. The van der Waals surface area contributed by atoms with Gasteiger partial charge in [0.15, 0.2) is 0 Å². The third kappa shape index (κ3) is 2.78. The first-order valence-corrected chi connectivity index (χ1v) is 6.56. The number of carboxylic acid groups (broad SMARTS) is 1. The first-order chi connectivity index (χ1) is 8.50. The van der Waals surface area contributed by atoms with Crippen molar-refractivity contribution in [2.45, 2.75) is 25.2 Å². The third-order valence-corrected chi connectivity index (χ3v) is 3.80. The molecule has 1 aromatic rings. The fourth-order valence-electron chi connectivity index (χ4n) is 2.47. The second-order valence-electron chi connectivity index (χ2n) is 5.11. The number of aliphatic carboxylic acids is 1. The number of benzene rings is 1.